The Kier molecular flexibility index (Phi) is 6.87. The summed E-state index contributed by atoms with van der Waals surface area (Å²) in [7, 11) is 0. The van der Waals surface area contributed by atoms with Crippen molar-refractivity contribution in [2.45, 2.75) is 33.6 Å². The Morgan fingerprint density at radius 3 is 2.69 bits per heavy atom. The van der Waals surface area contributed by atoms with E-state index in [0.29, 0.717) is 5.92 Å². The largest absolute Gasteiger partial charge is 0.261 e. The van der Waals surface area contributed by atoms with E-state index in [9.17, 15) is 0 Å². The minimum absolute atomic E-state index is 0.713. The number of hydrogen-bond acceptors (Lipinski definition) is 1. The van der Waals surface area contributed by atoms with Gasteiger partial charge in [0, 0.05) is 16.4 Å². The van der Waals surface area contributed by atoms with Crippen molar-refractivity contribution in [3.05, 3.63) is 23.3 Å². The predicted octanol–water partition coefficient (Wildman–Crippen LogP) is 4.31. The first-order valence-electron chi connectivity index (χ1n) is 4.61. The fourth-order valence-electron chi connectivity index (χ4n) is 0.754. The first-order chi connectivity index (χ1) is 6.10. The Hall–Kier alpha value is -0.370. The van der Waals surface area contributed by atoms with Gasteiger partial charge in [0.25, 0.3) is 0 Å². The minimum Gasteiger partial charge on any atom is -0.261 e. The molecule has 0 aliphatic rings. The second-order valence-corrected chi connectivity index (χ2v) is 4.29. The molecular formula is C11H18BrN. The molecule has 0 radical (unpaired) electrons. The van der Waals surface area contributed by atoms with E-state index in [-0.39, 0.29) is 0 Å². The fraction of sp³-hybridized carbons (Fsp3) is 0.545. The normalized spacial score (nSPS) is 15.7. The maximum Gasteiger partial charge on any atom is 0.0372 e. The third-order valence-corrected chi connectivity index (χ3v) is 2.47. The number of rotatable bonds is 5. The lowest BCUT2D eigenvalue weighted by atomic mass is 10.1. The molecule has 1 unspecified atom stereocenters. The van der Waals surface area contributed by atoms with Crippen LogP contribution in [0.4, 0.5) is 0 Å². The van der Waals surface area contributed by atoms with Crippen molar-refractivity contribution in [1.82, 2.24) is 0 Å². The van der Waals surface area contributed by atoms with E-state index < -0.39 is 0 Å². The molecule has 0 aromatic heterocycles. The van der Waals surface area contributed by atoms with Gasteiger partial charge in [-0.2, -0.15) is 0 Å². The number of allylic oxidation sites excluding steroid dienone is 2. The zero-order valence-corrected chi connectivity index (χ0v) is 10.3. The predicted molar refractivity (Wildman–Crippen MR) is 64.4 cm³/mol. The summed E-state index contributed by atoms with van der Waals surface area (Å²) in [6.45, 7) is 10.0. The Bertz CT molecular complexity index is 216. The lowest BCUT2D eigenvalue weighted by molar-refractivity contribution is 0.569. The minimum atomic E-state index is 0.713. The van der Waals surface area contributed by atoms with Crippen LogP contribution >= 0.6 is 15.9 Å². The zero-order valence-electron chi connectivity index (χ0n) is 8.68. The van der Waals surface area contributed by atoms with Gasteiger partial charge in [-0.15, -0.1) is 0 Å². The van der Waals surface area contributed by atoms with Crippen LogP contribution in [-0.4, -0.2) is 5.71 Å². The first-order valence-corrected chi connectivity index (χ1v) is 5.40. The summed E-state index contributed by atoms with van der Waals surface area (Å²) < 4.78 is 1.16. The van der Waals surface area contributed by atoms with Gasteiger partial charge in [0.2, 0.25) is 0 Å². The Morgan fingerprint density at radius 2 is 2.23 bits per heavy atom. The summed E-state index contributed by atoms with van der Waals surface area (Å²) in [6.07, 6.45) is 5.88. The van der Waals surface area contributed by atoms with Gasteiger partial charge in [0.1, 0.15) is 0 Å². The van der Waals surface area contributed by atoms with Crippen molar-refractivity contribution < 1.29 is 0 Å². The Balaban J connectivity index is 4.09. The third kappa shape index (κ3) is 6.76. The molecule has 2 heteroatoms. The fourth-order valence-corrected chi connectivity index (χ4v) is 1.41. The lowest BCUT2D eigenvalue weighted by Gasteiger charge is -2.05. The SMILES string of the molecule is C=C/C(C)=N/C=C(/Br)CC(C)CC. The summed E-state index contributed by atoms with van der Waals surface area (Å²) >= 11 is 3.50. The van der Waals surface area contributed by atoms with E-state index in [1.54, 1.807) is 6.08 Å². The number of halogens is 1. The molecule has 0 aliphatic carbocycles. The first kappa shape index (κ1) is 12.6. The lowest BCUT2D eigenvalue weighted by Crippen LogP contribution is -1.91. The van der Waals surface area contributed by atoms with Crippen LogP contribution in [-0.2, 0) is 0 Å². The van der Waals surface area contributed by atoms with E-state index in [2.05, 4.69) is 41.3 Å². The van der Waals surface area contributed by atoms with Gasteiger partial charge >= 0.3 is 0 Å². The van der Waals surface area contributed by atoms with E-state index in [1.807, 2.05) is 13.1 Å². The average Bonchev–Trinajstić information content (AvgIpc) is 2.13. The molecule has 1 nitrogen and oxygen atoms in total. The highest BCUT2D eigenvalue weighted by Gasteiger charge is 1.99. The zero-order chi connectivity index (χ0) is 10.3. The summed E-state index contributed by atoms with van der Waals surface area (Å²) in [5, 5.41) is 0. The number of nitrogens with zero attached hydrogens (tertiary/aromatic N) is 1. The molecule has 1 atom stereocenters. The topological polar surface area (TPSA) is 12.4 Å². The van der Waals surface area contributed by atoms with E-state index >= 15 is 0 Å². The van der Waals surface area contributed by atoms with Gasteiger partial charge in [-0.1, -0.05) is 42.8 Å². The molecule has 13 heavy (non-hydrogen) atoms. The highest BCUT2D eigenvalue weighted by atomic mass is 79.9. The van der Waals surface area contributed by atoms with Crippen LogP contribution in [0.2, 0.25) is 0 Å². The van der Waals surface area contributed by atoms with Crippen molar-refractivity contribution in [3.63, 3.8) is 0 Å². The molecule has 0 bridgehead atoms. The smallest absolute Gasteiger partial charge is 0.0372 e. The third-order valence-electron chi connectivity index (χ3n) is 1.94. The summed E-state index contributed by atoms with van der Waals surface area (Å²) in [5.74, 6) is 0.713. The van der Waals surface area contributed by atoms with E-state index in [0.717, 1.165) is 16.6 Å². The van der Waals surface area contributed by atoms with Crippen LogP contribution < -0.4 is 0 Å². The molecule has 0 aromatic carbocycles. The number of hydrogen-bond donors (Lipinski definition) is 0. The van der Waals surface area contributed by atoms with Crippen molar-refractivity contribution in [2.24, 2.45) is 10.9 Å². The summed E-state index contributed by atoms with van der Waals surface area (Å²) in [5.41, 5.74) is 0.945. The van der Waals surface area contributed by atoms with Gasteiger partial charge in [-0.3, -0.25) is 4.99 Å². The van der Waals surface area contributed by atoms with Gasteiger partial charge in [-0.25, -0.2) is 0 Å². The second-order valence-electron chi connectivity index (χ2n) is 3.27. The van der Waals surface area contributed by atoms with Crippen molar-refractivity contribution in [3.8, 4) is 0 Å². The van der Waals surface area contributed by atoms with Crippen LogP contribution in [0, 0.1) is 5.92 Å². The maximum atomic E-state index is 4.22. The van der Waals surface area contributed by atoms with E-state index in [4.69, 9.17) is 0 Å². The molecule has 0 saturated carbocycles. The van der Waals surface area contributed by atoms with Crippen LogP contribution in [0.3, 0.4) is 0 Å². The van der Waals surface area contributed by atoms with Crippen LogP contribution in [0.25, 0.3) is 0 Å². The standard InChI is InChI=1S/C11H18BrN/c1-5-9(3)7-11(12)8-13-10(4)6-2/h6,8-9H,2,5,7H2,1,3-4H3/b11-8+,13-10+. The Labute approximate surface area is 89.8 Å². The number of aliphatic imine (C=N–C) groups is 1. The van der Waals surface area contributed by atoms with Gasteiger partial charge < -0.3 is 0 Å². The van der Waals surface area contributed by atoms with Gasteiger partial charge in [-0.05, 0) is 25.3 Å². The van der Waals surface area contributed by atoms with Gasteiger partial charge in [0.15, 0.2) is 0 Å². The summed E-state index contributed by atoms with van der Waals surface area (Å²) in [6, 6.07) is 0. The molecule has 0 aliphatic heterocycles. The van der Waals surface area contributed by atoms with E-state index in [1.165, 1.54) is 6.42 Å². The molecule has 0 aromatic rings. The molecule has 0 heterocycles. The van der Waals surface area contributed by atoms with Crippen molar-refractivity contribution in [1.29, 1.82) is 0 Å². The van der Waals surface area contributed by atoms with Crippen LogP contribution in [0.1, 0.15) is 33.6 Å². The highest BCUT2D eigenvalue weighted by Crippen LogP contribution is 2.19. The molecule has 0 amide bonds. The maximum absolute atomic E-state index is 4.22. The molecule has 0 spiro atoms. The second kappa shape index (κ2) is 7.07. The van der Waals surface area contributed by atoms with Gasteiger partial charge in [0.05, 0.1) is 0 Å². The molecule has 0 fully saturated rings. The molecule has 74 valence electrons. The molecular weight excluding hydrogens is 226 g/mol. The molecule has 0 saturated heterocycles. The van der Waals surface area contributed by atoms with Crippen LogP contribution in [0.5, 0.6) is 0 Å². The Morgan fingerprint density at radius 1 is 1.62 bits per heavy atom. The average molecular weight is 244 g/mol. The molecule has 0 N–H and O–H groups in total. The van der Waals surface area contributed by atoms with Crippen molar-refractivity contribution in [2.75, 3.05) is 0 Å². The molecule has 0 rings (SSSR count). The van der Waals surface area contributed by atoms with Crippen molar-refractivity contribution >= 4 is 21.6 Å². The van der Waals surface area contributed by atoms with Crippen LogP contribution in [0.15, 0.2) is 28.3 Å². The quantitative estimate of drug-likeness (QED) is 0.639. The monoisotopic (exact) mass is 243 g/mol. The summed E-state index contributed by atoms with van der Waals surface area (Å²) in [4.78, 5) is 4.22. The highest BCUT2D eigenvalue weighted by molar-refractivity contribution is 9.11.